The molecule has 0 aliphatic carbocycles. The van der Waals surface area contributed by atoms with Gasteiger partial charge < -0.3 is 11.1 Å². The summed E-state index contributed by atoms with van der Waals surface area (Å²) < 4.78 is 39.3. The number of aromatic nitrogens is 3. The van der Waals surface area contributed by atoms with Crippen molar-refractivity contribution in [2.24, 2.45) is 0 Å². The number of halogens is 3. The Balaban J connectivity index is 2.09. The van der Waals surface area contributed by atoms with Crippen LogP contribution in [0.5, 0.6) is 0 Å². The summed E-state index contributed by atoms with van der Waals surface area (Å²) in [4.78, 5) is 3.44. The summed E-state index contributed by atoms with van der Waals surface area (Å²) in [5, 5.41) is 15.5. The maximum absolute atomic E-state index is 12.6. The van der Waals surface area contributed by atoms with Gasteiger partial charge in [0.05, 0.1) is 24.0 Å². The van der Waals surface area contributed by atoms with Crippen LogP contribution >= 0.6 is 0 Å². The molecule has 0 atom stereocenters. The van der Waals surface area contributed by atoms with Crippen LogP contribution in [0.3, 0.4) is 0 Å². The van der Waals surface area contributed by atoms with Gasteiger partial charge in [-0.05, 0) is 12.1 Å². The Morgan fingerprint density at radius 1 is 1.38 bits per heavy atom. The van der Waals surface area contributed by atoms with Gasteiger partial charge in [0.15, 0.2) is 0 Å². The van der Waals surface area contributed by atoms with Gasteiger partial charge in [-0.1, -0.05) is 0 Å². The number of alkyl halides is 3. The molecule has 0 aliphatic rings. The lowest BCUT2D eigenvalue weighted by atomic mass is 10.2. The summed E-state index contributed by atoms with van der Waals surface area (Å²) in [6.45, 7) is 0.629. The average molecular weight is 296 g/mol. The highest BCUT2D eigenvalue weighted by molar-refractivity contribution is 5.52. The molecule has 2 rings (SSSR count). The number of hydrogen-bond acceptors (Lipinski definition) is 5. The monoisotopic (exact) mass is 296 g/mol. The Hall–Kier alpha value is -2.76. The lowest BCUT2D eigenvalue weighted by Gasteiger charge is -2.11. The van der Waals surface area contributed by atoms with E-state index in [-0.39, 0.29) is 17.9 Å². The van der Waals surface area contributed by atoms with Crippen molar-refractivity contribution < 1.29 is 13.2 Å². The van der Waals surface area contributed by atoms with Crippen LogP contribution in [0, 0.1) is 11.3 Å². The second kappa shape index (κ2) is 5.70. The van der Waals surface area contributed by atoms with Crippen LogP contribution in [0.4, 0.5) is 24.7 Å². The molecule has 0 fully saturated rings. The average Bonchev–Trinajstić information content (AvgIpc) is 2.83. The van der Waals surface area contributed by atoms with Crippen LogP contribution < -0.4 is 11.1 Å². The number of hydrogen-bond donors (Lipinski definition) is 2. The molecule has 2 heterocycles. The van der Waals surface area contributed by atoms with Crippen molar-refractivity contribution in [3.8, 4) is 6.07 Å². The predicted octanol–water partition coefficient (Wildman–Crippen LogP) is 1.86. The molecule has 2 aromatic heterocycles. The molecular formula is C12H11F3N6. The van der Waals surface area contributed by atoms with Crippen molar-refractivity contribution in [2.75, 3.05) is 17.6 Å². The highest BCUT2D eigenvalue weighted by Crippen LogP contribution is 2.29. The van der Waals surface area contributed by atoms with Gasteiger partial charge in [0.2, 0.25) is 0 Å². The van der Waals surface area contributed by atoms with Crippen LogP contribution in [0.25, 0.3) is 0 Å². The summed E-state index contributed by atoms with van der Waals surface area (Å²) in [6, 6.07) is 3.66. The van der Waals surface area contributed by atoms with Crippen LogP contribution in [0.1, 0.15) is 11.3 Å². The van der Waals surface area contributed by atoms with E-state index in [0.29, 0.717) is 12.2 Å². The third-order valence-corrected chi connectivity index (χ3v) is 2.59. The largest absolute Gasteiger partial charge is 0.433 e. The second-order valence-corrected chi connectivity index (χ2v) is 4.17. The number of nitrogens with two attached hydrogens (primary N) is 1. The zero-order valence-electron chi connectivity index (χ0n) is 10.7. The SMILES string of the molecule is N#Cc1ccc(C(F)(F)F)nc1NCCn1cc(N)cn1. The first-order chi connectivity index (χ1) is 9.90. The molecule has 0 spiro atoms. The summed E-state index contributed by atoms with van der Waals surface area (Å²) in [5.74, 6) is -0.104. The van der Waals surface area contributed by atoms with Crippen molar-refractivity contribution in [1.29, 1.82) is 5.26 Å². The molecule has 0 aromatic carbocycles. The lowest BCUT2D eigenvalue weighted by Crippen LogP contribution is -2.15. The minimum Gasteiger partial charge on any atom is -0.396 e. The third kappa shape index (κ3) is 3.62. The summed E-state index contributed by atoms with van der Waals surface area (Å²) in [6.07, 6.45) is -1.50. The van der Waals surface area contributed by atoms with Crippen LogP contribution in [0.2, 0.25) is 0 Å². The van der Waals surface area contributed by atoms with E-state index in [1.54, 1.807) is 12.3 Å². The van der Waals surface area contributed by atoms with Gasteiger partial charge in [0.25, 0.3) is 0 Å². The van der Waals surface area contributed by atoms with Crippen LogP contribution in [-0.4, -0.2) is 21.3 Å². The van der Waals surface area contributed by atoms with Crippen LogP contribution in [-0.2, 0) is 12.7 Å². The summed E-state index contributed by atoms with van der Waals surface area (Å²) in [5.41, 5.74) is 4.98. The number of nitriles is 1. The Bertz CT molecular complexity index is 670. The number of nitrogens with zero attached hydrogens (tertiary/aromatic N) is 4. The van der Waals surface area contributed by atoms with Crippen molar-refractivity contribution >= 4 is 11.5 Å². The molecule has 0 saturated carbocycles. The predicted molar refractivity (Wildman–Crippen MR) is 69.1 cm³/mol. The summed E-state index contributed by atoms with van der Waals surface area (Å²) in [7, 11) is 0. The molecule has 0 unspecified atom stereocenters. The van der Waals surface area contributed by atoms with E-state index < -0.39 is 11.9 Å². The number of pyridine rings is 1. The van der Waals surface area contributed by atoms with Gasteiger partial charge in [-0.15, -0.1) is 0 Å². The Morgan fingerprint density at radius 2 is 2.14 bits per heavy atom. The first kappa shape index (κ1) is 14.6. The van der Waals surface area contributed by atoms with Gasteiger partial charge in [-0.25, -0.2) is 4.98 Å². The molecule has 0 aliphatic heterocycles. The molecule has 110 valence electrons. The molecule has 0 radical (unpaired) electrons. The first-order valence-corrected chi connectivity index (χ1v) is 5.90. The molecule has 21 heavy (non-hydrogen) atoms. The molecule has 3 N–H and O–H groups in total. The second-order valence-electron chi connectivity index (χ2n) is 4.17. The molecule has 0 saturated heterocycles. The van der Waals surface area contributed by atoms with E-state index in [1.807, 2.05) is 0 Å². The van der Waals surface area contributed by atoms with Gasteiger partial charge >= 0.3 is 6.18 Å². The van der Waals surface area contributed by atoms with E-state index in [9.17, 15) is 13.2 Å². The van der Waals surface area contributed by atoms with Gasteiger partial charge in [0, 0.05) is 12.7 Å². The van der Waals surface area contributed by atoms with E-state index >= 15 is 0 Å². The van der Waals surface area contributed by atoms with Crippen molar-refractivity contribution in [3.05, 3.63) is 35.8 Å². The normalized spacial score (nSPS) is 11.1. The lowest BCUT2D eigenvalue weighted by molar-refractivity contribution is -0.141. The van der Waals surface area contributed by atoms with E-state index in [1.165, 1.54) is 10.9 Å². The van der Waals surface area contributed by atoms with E-state index in [0.717, 1.165) is 12.1 Å². The smallest absolute Gasteiger partial charge is 0.396 e. The number of anilines is 2. The van der Waals surface area contributed by atoms with E-state index in [4.69, 9.17) is 11.0 Å². The summed E-state index contributed by atoms with van der Waals surface area (Å²) >= 11 is 0. The minimum absolute atomic E-state index is 0.0444. The van der Waals surface area contributed by atoms with Crippen molar-refractivity contribution in [1.82, 2.24) is 14.8 Å². The maximum Gasteiger partial charge on any atom is 0.433 e. The number of nitrogen functional groups attached to an aromatic ring is 1. The van der Waals surface area contributed by atoms with Crippen molar-refractivity contribution in [2.45, 2.75) is 12.7 Å². The highest BCUT2D eigenvalue weighted by atomic mass is 19.4. The fraction of sp³-hybridized carbons (Fsp3) is 0.250. The fourth-order valence-electron chi connectivity index (χ4n) is 1.63. The zero-order valence-corrected chi connectivity index (χ0v) is 10.7. The molecule has 2 aromatic rings. The highest BCUT2D eigenvalue weighted by Gasteiger charge is 2.33. The van der Waals surface area contributed by atoms with Crippen molar-refractivity contribution in [3.63, 3.8) is 0 Å². The third-order valence-electron chi connectivity index (χ3n) is 2.59. The molecule has 0 bridgehead atoms. The minimum atomic E-state index is -4.55. The molecular weight excluding hydrogens is 285 g/mol. The number of nitrogens with one attached hydrogen (secondary N) is 1. The standard InChI is InChI=1S/C12H11F3N6/c13-12(14,15)10-2-1-8(5-16)11(20-10)18-3-4-21-7-9(17)6-19-21/h1-2,6-7H,3-4,17H2,(H,18,20). The van der Waals surface area contributed by atoms with Gasteiger partial charge in [0.1, 0.15) is 17.6 Å². The first-order valence-electron chi connectivity index (χ1n) is 5.90. The molecule has 0 amide bonds. The van der Waals surface area contributed by atoms with E-state index in [2.05, 4.69) is 15.4 Å². The molecule has 6 nitrogen and oxygen atoms in total. The quantitative estimate of drug-likeness (QED) is 0.898. The fourth-order valence-corrected chi connectivity index (χ4v) is 1.63. The maximum atomic E-state index is 12.6. The Morgan fingerprint density at radius 3 is 2.71 bits per heavy atom. The van der Waals surface area contributed by atoms with Crippen LogP contribution in [0.15, 0.2) is 24.5 Å². The Kier molecular flexibility index (Phi) is 3.98. The number of rotatable bonds is 4. The molecule has 9 heteroatoms. The topological polar surface area (TPSA) is 92.5 Å². The van der Waals surface area contributed by atoms with Gasteiger partial charge in [-0.3, -0.25) is 4.68 Å². The van der Waals surface area contributed by atoms with Gasteiger partial charge in [-0.2, -0.15) is 23.5 Å². The Labute approximate surface area is 118 Å². The zero-order chi connectivity index (χ0) is 15.5.